The van der Waals surface area contributed by atoms with Gasteiger partial charge >= 0.3 is 0 Å². The van der Waals surface area contributed by atoms with Crippen LogP contribution in [0.1, 0.15) is 63.5 Å². The molecule has 3 heteroatoms. The molecule has 4 bridgehead atoms. The first-order valence-electron chi connectivity index (χ1n) is 8.81. The van der Waals surface area contributed by atoms with Gasteiger partial charge in [-0.2, -0.15) is 0 Å². The minimum absolute atomic E-state index is 0.0735. The molecule has 0 spiro atoms. The van der Waals surface area contributed by atoms with Crippen LogP contribution in [0.15, 0.2) is 24.5 Å². The van der Waals surface area contributed by atoms with E-state index in [1.807, 2.05) is 12.1 Å². The van der Waals surface area contributed by atoms with Crippen molar-refractivity contribution in [2.75, 3.05) is 0 Å². The molecule has 3 nitrogen and oxygen atoms in total. The van der Waals surface area contributed by atoms with Gasteiger partial charge in [0.15, 0.2) is 0 Å². The van der Waals surface area contributed by atoms with Gasteiger partial charge in [0.05, 0.1) is 6.04 Å². The average Bonchev–Trinajstić information content (AvgIpc) is 2.45. The highest BCUT2D eigenvalue weighted by atomic mass is 16.1. The Morgan fingerprint density at radius 1 is 1.18 bits per heavy atom. The maximum atomic E-state index is 12.6. The molecule has 0 aliphatic heterocycles. The molecule has 1 amide bonds. The maximum Gasteiger partial charge on any atom is 0.221 e. The van der Waals surface area contributed by atoms with Crippen molar-refractivity contribution < 1.29 is 4.79 Å². The number of carbonyl (C=O) groups is 1. The first-order valence-corrected chi connectivity index (χ1v) is 8.81. The summed E-state index contributed by atoms with van der Waals surface area (Å²) in [5.41, 5.74) is 1.46. The third-order valence-corrected chi connectivity index (χ3v) is 6.28. The molecule has 4 fully saturated rings. The van der Waals surface area contributed by atoms with Crippen LogP contribution in [-0.2, 0) is 4.79 Å². The van der Waals surface area contributed by atoms with E-state index >= 15 is 0 Å². The van der Waals surface area contributed by atoms with E-state index in [0.29, 0.717) is 5.41 Å². The standard InChI is InChI=1S/C19H26N2O/c1-13(17-2-4-20-5-3-17)21-18(22)12-19-9-14-6-15(10-19)8-16(7-14)11-19/h2-5,13-16H,6-12H2,1H3,(H,21,22)/t13-,14?,15?,16?,19?/m1/s1. The first kappa shape index (κ1) is 14.2. The Morgan fingerprint density at radius 3 is 2.27 bits per heavy atom. The molecule has 1 aromatic heterocycles. The normalized spacial score (nSPS) is 37.0. The van der Waals surface area contributed by atoms with Crippen molar-refractivity contribution >= 4 is 5.91 Å². The second-order valence-electron chi connectivity index (χ2n) is 8.16. The molecular weight excluding hydrogens is 272 g/mol. The van der Waals surface area contributed by atoms with Crippen LogP contribution in [0.3, 0.4) is 0 Å². The van der Waals surface area contributed by atoms with E-state index in [1.54, 1.807) is 12.4 Å². The summed E-state index contributed by atoms with van der Waals surface area (Å²) in [4.78, 5) is 16.6. The van der Waals surface area contributed by atoms with Gasteiger partial charge in [-0.25, -0.2) is 0 Å². The molecule has 4 aliphatic carbocycles. The van der Waals surface area contributed by atoms with E-state index in [1.165, 1.54) is 38.5 Å². The van der Waals surface area contributed by atoms with Gasteiger partial charge in [-0.05, 0) is 86.3 Å². The van der Waals surface area contributed by atoms with Gasteiger partial charge in [-0.3, -0.25) is 9.78 Å². The van der Waals surface area contributed by atoms with Gasteiger partial charge in [-0.1, -0.05) is 0 Å². The van der Waals surface area contributed by atoms with Crippen molar-refractivity contribution in [1.29, 1.82) is 0 Å². The van der Waals surface area contributed by atoms with E-state index in [2.05, 4.69) is 17.2 Å². The Hall–Kier alpha value is -1.38. The molecule has 0 radical (unpaired) electrons. The second kappa shape index (κ2) is 5.36. The molecule has 5 rings (SSSR count). The summed E-state index contributed by atoms with van der Waals surface area (Å²) in [5, 5.41) is 3.20. The van der Waals surface area contributed by atoms with Crippen molar-refractivity contribution in [3.8, 4) is 0 Å². The van der Waals surface area contributed by atoms with E-state index in [0.717, 1.165) is 29.7 Å². The second-order valence-corrected chi connectivity index (χ2v) is 8.16. The number of pyridine rings is 1. The maximum absolute atomic E-state index is 12.6. The van der Waals surface area contributed by atoms with Gasteiger partial charge in [-0.15, -0.1) is 0 Å². The lowest BCUT2D eigenvalue weighted by Crippen LogP contribution is -2.48. The Labute approximate surface area is 132 Å². The Kier molecular flexibility index (Phi) is 3.47. The Balaban J connectivity index is 1.40. The van der Waals surface area contributed by atoms with Gasteiger partial charge in [0.1, 0.15) is 0 Å². The molecular formula is C19H26N2O. The van der Waals surface area contributed by atoms with E-state index in [4.69, 9.17) is 0 Å². The van der Waals surface area contributed by atoms with E-state index < -0.39 is 0 Å². The topological polar surface area (TPSA) is 42.0 Å². The predicted molar refractivity (Wildman–Crippen MR) is 86.0 cm³/mol. The van der Waals surface area contributed by atoms with Crippen molar-refractivity contribution in [2.24, 2.45) is 23.2 Å². The minimum atomic E-state index is 0.0735. The lowest BCUT2D eigenvalue weighted by molar-refractivity contribution is -0.130. The molecule has 1 aromatic rings. The summed E-state index contributed by atoms with van der Waals surface area (Å²) in [7, 11) is 0. The number of rotatable bonds is 4. The molecule has 118 valence electrons. The number of nitrogens with one attached hydrogen (secondary N) is 1. The zero-order valence-electron chi connectivity index (χ0n) is 13.4. The Morgan fingerprint density at radius 2 is 1.73 bits per heavy atom. The van der Waals surface area contributed by atoms with Crippen molar-refractivity contribution in [3.05, 3.63) is 30.1 Å². The van der Waals surface area contributed by atoms with E-state index in [-0.39, 0.29) is 11.9 Å². The number of hydrogen-bond donors (Lipinski definition) is 1. The summed E-state index contributed by atoms with van der Waals surface area (Å²) in [5.74, 6) is 2.98. The number of hydrogen-bond acceptors (Lipinski definition) is 2. The number of carbonyl (C=O) groups excluding carboxylic acids is 1. The third kappa shape index (κ3) is 2.66. The summed E-state index contributed by atoms with van der Waals surface area (Å²) >= 11 is 0. The predicted octanol–water partition coefficient (Wildman–Crippen LogP) is 3.87. The fraction of sp³-hybridized carbons (Fsp3) is 0.684. The molecule has 0 unspecified atom stereocenters. The quantitative estimate of drug-likeness (QED) is 0.917. The first-order chi connectivity index (χ1) is 10.6. The van der Waals surface area contributed by atoms with Gasteiger partial charge in [0, 0.05) is 18.8 Å². The van der Waals surface area contributed by atoms with Gasteiger partial charge < -0.3 is 5.32 Å². The van der Waals surface area contributed by atoms with Crippen LogP contribution < -0.4 is 5.32 Å². The van der Waals surface area contributed by atoms with Crippen LogP contribution in [-0.4, -0.2) is 10.9 Å². The Bertz CT molecular complexity index is 519. The number of aromatic nitrogens is 1. The van der Waals surface area contributed by atoms with Crippen LogP contribution >= 0.6 is 0 Å². The number of nitrogens with zero attached hydrogens (tertiary/aromatic N) is 1. The van der Waals surface area contributed by atoms with Gasteiger partial charge in [0.2, 0.25) is 5.91 Å². The van der Waals surface area contributed by atoms with Crippen LogP contribution in [0.4, 0.5) is 0 Å². The highest BCUT2D eigenvalue weighted by molar-refractivity contribution is 5.77. The van der Waals surface area contributed by atoms with Gasteiger partial charge in [0.25, 0.3) is 0 Å². The zero-order chi connectivity index (χ0) is 15.2. The van der Waals surface area contributed by atoms with Crippen LogP contribution in [0.25, 0.3) is 0 Å². The van der Waals surface area contributed by atoms with Crippen molar-refractivity contribution in [3.63, 3.8) is 0 Å². The van der Waals surface area contributed by atoms with Crippen molar-refractivity contribution in [1.82, 2.24) is 10.3 Å². The molecule has 0 aromatic carbocycles. The molecule has 0 saturated heterocycles. The van der Waals surface area contributed by atoms with Crippen LogP contribution in [0.5, 0.6) is 0 Å². The van der Waals surface area contributed by atoms with Crippen LogP contribution in [0.2, 0.25) is 0 Å². The third-order valence-electron chi connectivity index (χ3n) is 6.28. The fourth-order valence-corrected chi connectivity index (χ4v) is 5.88. The highest BCUT2D eigenvalue weighted by Crippen LogP contribution is 2.61. The monoisotopic (exact) mass is 298 g/mol. The number of amides is 1. The smallest absolute Gasteiger partial charge is 0.221 e. The highest BCUT2D eigenvalue weighted by Gasteiger charge is 2.51. The van der Waals surface area contributed by atoms with Crippen molar-refractivity contribution in [2.45, 2.75) is 57.9 Å². The summed E-state index contributed by atoms with van der Waals surface area (Å²) in [6.45, 7) is 2.06. The average molecular weight is 298 g/mol. The summed E-state index contributed by atoms with van der Waals surface area (Å²) in [6, 6.07) is 4.04. The largest absolute Gasteiger partial charge is 0.350 e. The fourth-order valence-electron chi connectivity index (χ4n) is 5.88. The molecule has 4 aliphatic rings. The lowest BCUT2D eigenvalue weighted by atomic mass is 9.49. The lowest BCUT2D eigenvalue weighted by Gasteiger charge is -2.56. The van der Waals surface area contributed by atoms with E-state index in [9.17, 15) is 4.79 Å². The molecule has 4 saturated carbocycles. The molecule has 1 heterocycles. The zero-order valence-corrected chi connectivity index (χ0v) is 13.4. The SMILES string of the molecule is C[C@@H](NC(=O)CC12CC3CC(CC(C3)C1)C2)c1ccncc1. The minimum Gasteiger partial charge on any atom is -0.350 e. The molecule has 1 atom stereocenters. The molecule has 22 heavy (non-hydrogen) atoms. The molecule has 1 N–H and O–H groups in total. The summed E-state index contributed by atoms with van der Waals surface area (Å²) < 4.78 is 0. The summed E-state index contributed by atoms with van der Waals surface area (Å²) in [6.07, 6.45) is 12.5. The van der Waals surface area contributed by atoms with Crippen LogP contribution in [0, 0.1) is 23.2 Å².